The topological polar surface area (TPSA) is 0 Å². The highest BCUT2D eigenvalue weighted by Gasteiger charge is 2.17. The van der Waals surface area contributed by atoms with Crippen molar-refractivity contribution in [3.8, 4) is 23.7 Å². The fourth-order valence-electron chi connectivity index (χ4n) is 2.09. The molecular formula is C17H19PS. The van der Waals surface area contributed by atoms with Crippen molar-refractivity contribution in [2.75, 3.05) is 12.3 Å². The van der Waals surface area contributed by atoms with E-state index in [1.165, 1.54) is 24.6 Å². The normalized spacial score (nSPS) is 18.7. The molecule has 2 rings (SSSR count). The van der Waals surface area contributed by atoms with Crippen LogP contribution in [-0.2, 0) is 11.8 Å². The van der Waals surface area contributed by atoms with E-state index in [4.69, 9.17) is 11.8 Å². The molecule has 0 unspecified atom stereocenters. The van der Waals surface area contributed by atoms with Crippen LogP contribution in [-0.4, -0.2) is 12.3 Å². The average molecular weight is 286 g/mol. The highest BCUT2D eigenvalue weighted by Crippen LogP contribution is 2.43. The SMILES string of the molecule is S=P1(c2ccccc2)CC#CCCCCCC#CC1. The third-order valence-electron chi connectivity index (χ3n) is 3.25. The molecule has 0 spiro atoms. The molecule has 0 amide bonds. The van der Waals surface area contributed by atoms with Crippen LogP contribution in [0.1, 0.15) is 32.1 Å². The number of hydrogen-bond acceptors (Lipinski definition) is 1. The van der Waals surface area contributed by atoms with Crippen LogP contribution in [0.2, 0.25) is 0 Å². The second-order valence-corrected chi connectivity index (χ2v) is 9.83. The van der Waals surface area contributed by atoms with Crippen LogP contribution in [0.15, 0.2) is 30.3 Å². The van der Waals surface area contributed by atoms with Gasteiger partial charge in [-0.2, -0.15) is 0 Å². The van der Waals surface area contributed by atoms with Gasteiger partial charge in [-0.25, -0.2) is 0 Å². The van der Waals surface area contributed by atoms with Crippen molar-refractivity contribution in [1.29, 1.82) is 0 Å². The molecule has 1 aliphatic heterocycles. The predicted octanol–water partition coefficient (Wildman–Crippen LogP) is 3.76. The molecule has 0 atom stereocenters. The average Bonchev–Trinajstić information content (AvgIpc) is 2.44. The van der Waals surface area contributed by atoms with Gasteiger partial charge in [-0.1, -0.05) is 60.4 Å². The lowest BCUT2D eigenvalue weighted by atomic mass is 10.1. The Morgan fingerprint density at radius 2 is 1.37 bits per heavy atom. The Morgan fingerprint density at radius 1 is 0.789 bits per heavy atom. The Bertz CT molecular complexity index is 536. The third kappa shape index (κ3) is 4.54. The summed E-state index contributed by atoms with van der Waals surface area (Å²) in [6, 6.07) is 8.85. The predicted molar refractivity (Wildman–Crippen MR) is 88.7 cm³/mol. The highest BCUT2D eigenvalue weighted by molar-refractivity contribution is 8.18. The van der Waals surface area contributed by atoms with Gasteiger partial charge < -0.3 is 0 Å². The minimum atomic E-state index is -1.63. The molecular weight excluding hydrogens is 267 g/mol. The summed E-state index contributed by atoms with van der Waals surface area (Å²) in [4.78, 5) is 0. The van der Waals surface area contributed by atoms with Gasteiger partial charge in [0.15, 0.2) is 0 Å². The van der Waals surface area contributed by atoms with Crippen molar-refractivity contribution in [2.24, 2.45) is 0 Å². The third-order valence-corrected chi connectivity index (χ3v) is 7.23. The smallest absolute Gasteiger partial charge is 0.0428 e. The summed E-state index contributed by atoms with van der Waals surface area (Å²) >= 11 is 5.96. The first-order chi connectivity index (χ1) is 9.31. The van der Waals surface area contributed by atoms with Crippen LogP contribution in [0.4, 0.5) is 0 Å². The monoisotopic (exact) mass is 286 g/mol. The van der Waals surface area contributed by atoms with Gasteiger partial charge in [-0.3, -0.25) is 0 Å². The Hall–Kier alpha value is -1.01. The van der Waals surface area contributed by atoms with E-state index in [2.05, 4.69) is 47.9 Å². The first kappa shape index (κ1) is 14.4. The quantitative estimate of drug-likeness (QED) is 0.559. The summed E-state index contributed by atoms with van der Waals surface area (Å²) in [6.45, 7) is 0. The van der Waals surface area contributed by atoms with Crippen LogP contribution >= 0.6 is 6.04 Å². The zero-order chi connectivity index (χ0) is 13.4. The van der Waals surface area contributed by atoms with E-state index in [9.17, 15) is 0 Å². The molecule has 0 saturated heterocycles. The lowest BCUT2D eigenvalue weighted by molar-refractivity contribution is 0.708. The molecule has 2 heteroatoms. The first-order valence-electron chi connectivity index (χ1n) is 6.86. The van der Waals surface area contributed by atoms with Crippen molar-refractivity contribution in [3.05, 3.63) is 30.3 Å². The summed E-state index contributed by atoms with van der Waals surface area (Å²) in [5, 5.41) is 1.28. The van der Waals surface area contributed by atoms with Gasteiger partial charge in [-0.15, -0.1) is 11.8 Å². The maximum absolute atomic E-state index is 5.96. The lowest BCUT2D eigenvalue weighted by Crippen LogP contribution is -2.09. The fourth-order valence-corrected chi connectivity index (χ4v) is 4.77. The van der Waals surface area contributed by atoms with Gasteiger partial charge >= 0.3 is 0 Å². The zero-order valence-electron chi connectivity index (χ0n) is 11.2. The van der Waals surface area contributed by atoms with Crippen molar-refractivity contribution < 1.29 is 0 Å². The molecule has 1 aromatic carbocycles. The molecule has 1 aliphatic rings. The summed E-state index contributed by atoms with van der Waals surface area (Å²) in [7, 11) is 0. The zero-order valence-corrected chi connectivity index (χ0v) is 12.9. The molecule has 0 fully saturated rings. The molecule has 0 saturated carbocycles. The Labute approximate surface area is 122 Å². The number of benzene rings is 1. The van der Waals surface area contributed by atoms with E-state index in [0.29, 0.717) is 0 Å². The van der Waals surface area contributed by atoms with Gasteiger partial charge in [0.05, 0.1) is 0 Å². The second kappa shape index (κ2) is 7.55. The minimum absolute atomic E-state index is 0.834. The fraction of sp³-hybridized carbons (Fsp3) is 0.412. The van der Waals surface area contributed by atoms with Crippen molar-refractivity contribution in [1.82, 2.24) is 0 Å². The summed E-state index contributed by atoms with van der Waals surface area (Å²) in [5.41, 5.74) is 0. The molecule has 0 radical (unpaired) electrons. The summed E-state index contributed by atoms with van der Waals surface area (Å²) < 4.78 is 0. The van der Waals surface area contributed by atoms with Crippen LogP contribution in [0.25, 0.3) is 0 Å². The van der Waals surface area contributed by atoms with Crippen LogP contribution in [0.5, 0.6) is 0 Å². The Balaban J connectivity index is 2.23. The highest BCUT2D eigenvalue weighted by atomic mass is 32.4. The molecule has 0 bridgehead atoms. The summed E-state index contributed by atoms with van der Waals surface area (Å²) in [5.74, 6) is 13.2. The molecule has 0 N–H and O–H groups in total. The van der Waals surface area contributed by atoms with Crippen LogP contribution < -0.4 is 5.30 Å². The van der Waals surface area contributed by atoms with Gasteiger partial charge in [0.2, 0.25) is 0 Å². The van der Waals surface area contributed by atoms with Crippen LogP contribution in [0.3, 0.4) is 0 Å². The van der Waals surface area contributed by atoms with Gasteiger partial charge in [0.1, 0.15) is 0 Å². The van der Waals surface area contributed by atoms with Crippen LogP contribution in [0, 0.1) is 23.7 Å². The number of rotatable bonds is 1. The molecule has 1 aromatic rings. The van der Waals surface area contributed by atoms with Crippen molar-refractivity contribution in [2.45, 2.75) is 32.1 Å². The van der Waals surface area contributed by atoms with Crippen molar-refractivity contribution in [3.63, 3.8) is 0 Å². The van der Waals surface area contributed by atoms with Gasteiger partial charge in [0, 0.05) is 31.2 Å². The lowest BCUT2D eigenvalue weighted by Gasteiger charge is -2.17. The largest absolute Gasteiger partial charge is 0.103 e. The standard InChI is InChI=1S/C17H19PS/c19-18(17-13-9-8-10-14-17)15-11-6-4-2-1-3-5-7-12-16-18/h8-10,13-14H,1-5,15-16H2. The summed E-state index contributed by atoms with van der Waals surface area (Å²) in [6.07, 6.45) is 7.33. The minimum Gasteiger partial charge on any atom is -0.103 e. The van der Waals surface area contributed by atoms with Gasteiger partial charge in [-0.05, 0) is 18.1 Å². The molecule has 1 heterocycles. The Kier molecular flexibility index (Phi) is 5.72. The van der Waals surface area contributed by atoms with E-state index in [1.54, 1.807) is 0 Å². The van der Waals surface area contributed by atoms with E-state index in [-0.39, 0.29) is 0 Å². The molecule has 0 aliphatic carbocycles. The Morgan fingerprint density at radius 3 is 1.95 bits per heavy atom. The molecule has 19 heavy (non-hydrogen) atoms. The van der Waals surface area contributed by atoms with Crippen molar-refractivity contribution >= 4 is 23.1 Å². The second-order valence-electron chi connectivity index (χ2n) is 4.81. The molecule has 98 valence electrons. The first-order valence-corrected chi connectivity index (χ1v) is 10.0. The molecule has 0 nitrogen and oxygen atoms in total. The van der Waals surface area contributed by atoms with Gasteiger partial charge in [0.25, 0.3) is 0 Å². The van der Waals surface area contributed by atoms with E-state index in [0.717, 1.165) is 25.2 Å². The number of hydrogen-bond donors (Lipinski definition) is 0. The maximum atomic E-state index is 5.96. The maximum Gasteiger partial charge on any atom is 0.0428 e. The van der Waals surface area contributed by atoms with E-state index < -0.39 is 6.04 Å². The van der Waals surface area contributed by atoms with E-state index >= 15 is 0 Å². The molecule has 0 aromatic heterocycles. The van der Waals surface area contributed by atoms with E-state index in [1.807, 2.05) is 6.07 Å².